The summed E-state index contributed by atoms with van der Waals surface area (Å²) < 4.78 is 29.8. The lowest BCUT2D eigenvalue weighted by atomic mass is 10.1. The van der Waals surface area contributed by atoms with Crippen LogP contribution in [0, 0.1) is 11.7 Å². The van der Waals surface area contributed by atoms with Crippen LogP contribution in [0.1, 0.15) is 33.6 Å². The summed E-state index contributed by atoms with van der Waals surface area (Å²) in [5, 5.41) is 0. The summed E-state index contributed by atoms with van der Waals surface area (Å²) in [6, 6.07) is 10.7. The molecule has 1 aliphatic heterocycles. The van der Waals surface area contributed by atoms with E-state index >= 15 is 0 Å². The van der Waals surface area contributed by atoms with Crippen LogP contribution in [0.15, 0.2) is 42.5 Å². The Labute approximate surface area is 193 Å². The van der Waals surface area contributed by atoms with Crippen molar-refractivity contribution in [1.82, 2.24) is 9.80 Å². The fraction of sp³-hybridized carbons (Fsp3) is 0.440. The van der Waals surface area contributed by atoms with Crippen molar-refractivity contribution in [2.75, 3.05) is 47.0 Å². The van der Waals surface area contributed by atoms with Gasteiger partial charge in [0, 0.05) is 37.3 Å². The minimum Gasteiger partial charge on any atom is -0.493 e. The number of ether oxygens (including phenoxy) is 3. The van der Waals surface area contributed by atoms with Crippen LogP contribution in [0.3, 0.4) is 0 Å². The molecule has 0 N–H and O–H groups in total. The molecule has 0 spiro atoms. The van der Waals surface area contributed by atoms with E-state index < -0.39 is 0 Å². The Balaban J connectivity index is 1.44. The number of morpholine rings is 1. The molecule has 8 heteroatoms. The third kappa shape index (κ3) is 5.63. The molecule has 2 aliphatic rings. The molecular weight excluding hydrogens is 427 g/mol. The van der Waals surface area contributed by atoms with Crippen molar-refractivity contribution in [3.05, 3.63) is 59.4 Å². The van der Waals surface area contributed by atoms with Crippen LogP contribution >= 0.6 is 0 Å². The second-order valence-electron chi connectivity index (χ2n) is 8.47. The summed E-state index contributed by atoms with van der Waals surface area (Å²) >= 11 is 0. The lowest BCUT2D eigenvalue weighted by Gasteiger charge is -2.36. The average Bonchev–Trinajstić information content (AvgIpc) is 3.67. The molecule has 4 rings (SSSR count). The Morgan fingerprint density at radius 1 is 1.03 bits per heavy atom. The molecular formula is C25H29FN2O5. The van der Waals surface area contributed by atoms with E-state index in [4.69, 9.17) is 14.2 Å². The van der Waals surface area contributed by atoms with Crippen molar-refractivity contribution in [2.45, 2.75) is 18.9 Å². The van der Waals surface area contributed by atoms with Crippen molar-refractivity contribution in [2.24, 2.45) is 5.92 Å². The van der Waals surface area contributed by atoms with Crippen molar-refractivity contribution in [1.29, 1.82) is 0 Å². The van der Waals surface area contributed by atoms with Gasteiger partial charge in [-0.2, -0.15) is 0 Å². The molecule has 7 nitrogen and oxygen atoms in total. The topological polar surface area (TPSA) is 68.3 Å². The van der Waals surface area contributed by atoms with Crippen LogP contribution in [0.25, 0.3) is 0 Å². The van der Waals surface area contributed by atoms with Crippen molar-refractivity contribution >= 4 is 11.8 Å². The molecule has 1 saturated heterocycles. The molecule has 1 atom stereocenters. The maximum absolute atomic E-state index is 13.3. The Morgan fingerprint density at radius 3 is 2.39 bits per heavy atom. The quantitative estimate of drug-likeness (QED) is 0.610. The van der Waals surface area contributed by atoms with E-state index in [1.807, 2.05) is 0 Å². The minimum absolute atomic E-state index is 0.122. The third-order valence-electron chi connectivity index (χ3n) is 6.03. The van der Waals surface area contributed by atoms with Gasteiger partial charge in [-0.3, -0.25) is 9.59 Å². The monoisotopic (exact) mass is 456 g/mol. The van der Waals surface area contributed by atoms with E-state index in [0.29, 0.717) is 61.3 Å². The van der Waals surface area contributed by atoms with Gasteiger partial charge in [0.05, 0.1) is 26.9 Å². The van der Waals surface area contributed by atoms with Crippen LogP contribution in [0.2, 0.25) is 0 Å². The van der Waals surface area contributed by atoms with Gasteiger partial charge in [-0.15, -0.1) is 0 Å². The highest BCUT2D eigenvalue weighted by molar-refractivity contribution is 5.95. The van der Waals surface area contributed by atoms with E-state index in [9.17, 15) is 14.0 Å². The van der Waals surface area contributed by atoms with Crippen molar-refractivity contribution < 1.29 is 28.2 Å². The Bertz CT molecular complexity index is 993. The number of nitrogens with zero attached hydrogens (tertiary/aromatic N) is 2. The zero-order valence-electron chi connectivity index (χ0n) is 19.0. The largest absolute Gasteiger partial charge is 0.493 e. The number of hydrogen-bond donors (Lipinski definition) is 0. The third-order valence-corrected chi connectivity index (χ3v) is 6.03. The summed E-state index contributed by atoms with van der Waals surface area (Å²) in [4.78, 5) is 29.8. The number of halogens is 1. The summed E-state index contributed by atoms with van der Waals surface area (Å²) in [5.74, 6) is 0.900. The summed E-state index contributed by atoms with van der Waals surface area (Å²) in [6.45, 7) is 2.26. The second-order valence-corrected chi connectivity index (χ2v) is 8.47. The van der Waals surface area contributed by atoms with Crippen LogP contribution < -0.4 is 9.47 Å². The first-order valence-corrected chi connectivity index (χ1v) is 11.2. The number of benzene rings is 2. The molecule has 0 bridgehead atoms. The van der Waals surface area contributed by atoms with Gasteiger partial charge in [0.15, 0.2) is 11.5 Å². The van der Waals surface area contributed by atoms with Gasteiger partial charge in [-0.1, -0.05) is 0 Å². The maximum atomic E-state index is 13.3. The SMILES string of the molecule is COc1ccc(C(=O)N2CCOC(CN(CC3CC3)C(=O)c3ccc(F)cc3)C2)cc1OC. The molecule has 2 fully saturated rings. The molecule has 1 saturated carbocycles. The normalized spacial score (nSPS) is 18.0. The number of methoxy groups -OCH3 is 2. The van der Waals surface area contributed by atoms with E-state index in [-0.39, 0.29) is 23.7 Å². The first-order valence-electron chi connectivity index (χ1n) is 11.2. The van der Waals surface area contributed by atoms with Crippen LogP contribution in [-0.4, -0.2) is 74.7 Å². The molecule has 33 heavy (non-hydrogen) atoms. The Morgan fingerprint density at radius 2 is 1.73 bits per heavy atom. The highest BCUT2D eigenvalue weighted by Gasteiger charge is 2.32. The zero-order chi connectivity index (χ0) is 23.4. The average molecular weight is 457 g/mol. The van der Waals surface area contributed by atoms with Gasteiger partial charge in [0.2, 0.25) is 0 Å². The van der Waals surface area contributed by atoms with Gasteiger partial charge in [-0.25, -0.2) is 4.39 Å². The number of hydrogen-bond acceptors (Lipinski definition) is 5. The standard InChI is InChI=1S/C25H29FN2O5/c1-31-22-10-7-19(13-23(22)32-2)25(30)27-11-12-33-21(15-27)16-28(14-17-3-4-17)24(29)18-5-8-20(26)9-6-18/h5-10,13,17,21H,3-4,11-12,14-16H2,1-2H3. The van der Waals surface area contributed by atoms with Crippen molar-refractivity contribution in [3.63, 3.8) is 0 Å². The Kier molecular flexibility index (Phi) is 7.13. The molecule has 1 heterocycles. The number of amides is 2. The molecule has 2 amide bonds. The minimum atomic E-state index is -0.375. The van der Waals surface area contributed by atoms with E-state index in [1.54, 1.807) is 35.1 Å². The highest BCUT2D eigenvalue weighted by atomic mass is 19.1. The van der Waals surface area contributed by atoms with Gasteiger partial charge >= 0.3 is 0 Å². The lowest BCUT2D eigenvalue weighted by Crippen LogP contribution is -2.51. The van der Waals surface area contributed by atoms with Crippen LogP contribution in [0.5, 0.6) is 11.5 Å². The summed E-state index contributed by atoms with van der Waals surface area (Å²) in [5.41, 5.74) is 0.955. The van der Waals surface area contributed by atoms with Crippen LogP contribution in [0.4, 0.5) is 4.39 Å². The zero-order valence-corrected chi connectivity index (χ0v) is 19.0. The maximum Gasteiger partial charge on any atom is 0.254 e. The first-order chi connectivity index (χ1) is 16.0. The lowest BCUT2D eigenvalue weighted by molar-refractivity contribution is -0.0335. The van der Waals surface area contributed by atoms with E-state index in [2.05, 4.69) is 0 Å². The van der Waals surface area contributed by atoms with Crippen molar-refractivity contribution in [3.8, 4) is 11.5 Å². The molecule has 176 valence electrons. The predicted molar refractivity (Wildman–Crippen MR) is 120 cm³/mol. The fourth-order valence-corrected chi connectivity index (χ4v) is 4.04. The molecule has 2 aromatic carbocycles. The first kappa shape index (κ1) is 23.0. The number of carbonyl (C=O) groups is 2. The van der Waals surface area contributed by atoms with Crippen LogP contribution in [-0.2, 0) is 4.74 Å². The molecule has 1 aliphatic carbocycles. The van der Waals surface area contributed by atoms with Gasteiger partial charge in [-0.05, 0) is 61.2 Å². The van der Waals surface area contributed by atoms with Gasteiger partial charge < -0.3 is 24.0 Å². The summed E-state index contributed by atoms with van der Waals surface area (Å²) in [6.07, 6.45) is 1.90. The summed E-state index contributed by atoms with van der Waals surface area (Å²) in [7, 11) is 3.08. The molecule has 0 aromatic heterocycles. The highest BCUT2D eigenvalue weighted by Crippen LogP contribution is 2.31. The smallest absolute Gasteiger partial charge is 0.254 e. The molecule has 1 unspecified atom stereocenters. The second kappa shape index (κ2) is 10.2. The number of carbonyl (C=O) groups excluding carboxylic acids is 2. The van der Waals surface area contributed by atoms with E-state index in [0.717, 1.165) is 12.8 Å². The fourth-order valence-electron chi connectivity index (χ4n) is 4.04. The van der Waals surface area contributed by atoms with E-state index in [1.165, 1.54) is 31.4 Å². The Hall–Kier alpha value is -3.13. The van der Waals surface area contributed by atoms with Gasteiger partial charge in [0.25, 0.3) is 11.8 Å². The molecule has 2 aromatic rings. The van der Waals surface area contributed by atoms with Gasteiger partial charge in [0.1, 0.15) is 5.82 Å². The molecule has 0 radical (unpaired) electrons. The number of rotatable bonds is 8. The predicted octanol–water partition coefficient (Wildman–Crippen LogP) is 3.24.